The minimum absolute atomic E-state index is 0.618. The first kappa shape index (κ1) is 19.7. The molecule has 1 heterocycles. The van der Waals surface area contributed by atoms with Crippen molar-refractivity contribution >= 4 is 24.2 Å². The Morgan fingerprint density at radius 2 is 1.19 bits per heavy atom. The van der Waals surface area contributed by atoms with E-state index in [1.54, 1.807) is 14.2 Å². The van der Waals surface area contributed by atoms with E-state index in [0.717, 1.165) is 22.3 Å². The van der Waals surface area contributed by atoms with Gasteiger partial charge in [-0.25, -0.2) is 0 Å². The van der Waals surface area contributed by atoms with Gasteiger partial charge in [-0.1, -0.05) is 60.7 Å². The Morgan fingerprint density at radius 1 is 0.710 bits per heavy atom. The standard InChI is InChI=1S/C26H23O4P/c1-26(16-23(28-2)18-10-4-5-11-19(18)24(17-26)29-3)31(27)25-15-9-7-13-21(25)20-12-6-8-14-22(20)30-31/h4-17H,1-3H3. The molecule has 3 aromatic rings. The molecule has 0 saturated heterocycles. The molecule has 0 N–H and O–H groups in total. The van der Waals surface area contributed by atoms with Crippen LogP contribution in [0.3, 0.4) is 0 Å². The largest absolute Gasteiger partial charge is 0.496 e. The Kier molecular flexibility index (Phi) is 4.56. The average Bonchev–Trinajstić information content (AvgIpc) is 2.94. The zero-order chi connectivity index (χ0) is 21.6. The van der Waals surface area contributed by atoms with Crippen molar-refractivity contribution in [3.8, 4) is 16.9 Å². The third-order valence-electron chi connectivity index (χ3n) is 6.00. The summed E-state index contributed by atoms with van der Waals surface area (Å²) < 4.78 is 32.8. The summed E-state index contributed by atoms with van der Waals surface area (Å²) in [6.45, 7) is 1.92. The third kappa shape index (κ3) is 2.86. The number of hydrogen-bond donors (Lipinski definition) is 0. The summed E-state index contributed by atoms with van der Waals surface area (Å²) in [6.07, 6.45) is 3.81. The van der Waals surface area contributed by atoms with Gasteiger partial charge in [0.2, 0.25) is 0 Å². The Labute approximate surface area is 182 Å². The molecule has 2 aliphatic rings. The SMILES string of the molecule is COC1=CC(C)(P2(=O)Oc3ccccc3-c3ccccc32)C=C(OC)c2ccccc21. The second-order valence-electron chi connectivity index (χ2n) is 7.85. The van der Waals surface area contributed by atoms with Gasteiger partial charge < -0.3 is 14.0 Å². The molecular formula is C26H23O4P. The van der Waals surface area contributed by atoms with Crippen LogP contribution in [0.2, 0.25) is 0 Å². The first-order chi connectivity index (χ1) is 15.0. The number of para-hydroxylation sites is 1. The van der Waals surface area contributed by atoms with Crippen LogP contribution in [0, 0.1) is 0 Å². The van der Waals surface area contributed by atoms with Gasteiger partial charge in [0, 0.05) is 16.7 Å². The van der Waals surface area contributed by atoms with E-state index in [0.29, 0.717) is 22.6 Å². The van der Waals surface area contributed by atoms with Crippen molar-refractivity contribution < 1.29 is 18.6 Å². The molecule has 0 amide bonds. The van der Waals surface area contributed by atoms with Crippen molar-refractivity contribution in [2.24, 2.45) is 0 Å². The highest BCUT2D eigenvalue weighted by molar-refractivity contribution is 7.69. The highest BCUT2D eigenvalue weighted by Gasteiger charge is 2.51. The topological polar surface area (TPSA) is 44.8 Å². The molecule has 0 spiro atoms. The van der Waals surface area contributed by atoms with E-state index >= 15 is 0 Å². The minimum atomic E-state index is -3.49. The molecule has 1 aliphatic carbocycles. The Morgan fingerprint density at radius 3 is 1.77 bits per heavy atom. The summed E-state index contributed by atoms with van der Waals surface area (Å²) in [5.41, 5.74) is 3.64. The van der Waals surface area contributed by atoms with Gasteiger partial charge in [0.15, 0.2) is 0 Å². The molecule has 0 fully saturated rings. The molecule has 0 aromatic heterocycles. The fraction of sp³-hybridized carbons (Fsp3) is 0.154. The minimum Gasteiger partial charge on any atom is -0.496 e. The van der Waals surface area contributed by atoms with Gasteiger partial charge in [-0.15, -0.1) is 0 Å². The van der Waals surface area contributed by atoms with Crippen LogP contribution in [-0.4, -0.2) is 19.4 Å². The lowest BCUT2D eigenvalue weighted by Crippen LogP contribution is -2.32. The van der Waals surface area contributed by atoms with Crippen molar-refractivity contribution in [3.63, 3.8) is 0 Å². The van der Waals surface area contributed by atoms with Crippen LogP contribution < -0.4 is 9.83 Å². The normalized spacial score (nSPS) is 20.6. The summed E-state index contributed by atoms with van der Waals surface area (Å²) in [6, 6.07) is 23.3. The number of ether oxygens (including phenoxy) is 2. The maximum atomic E-state index is 14.9. The van der Waals surface area contributed by atoms with Crippen molar-refractivity contribution in [2.45, 2.75) is 12.1 Å². The molecule has 4 nitrogen and oxygen atoms in total. The quantitative estimate of drug-likeness (QED) is 0.471. The lowest BCUT2D eigenvalue weighted by molar-refractivity contribution is 0.364. The highest BCUT2D eigenvalue weighted by atomic mass is 31.2. The van der Waals surface area contributed by atoms with Crippen LogP contribution in [-0.2, 0) is 14.0 Å². The molecule has 1 aliphatic heterocycles. The van der Waals surface area contributed by atoms with Gasteiger partial charge in [-0.3, -0.25) is 4.57 Å². The molecule has 1 unspecified atom stereocenters. The molecule has 156 valence electrons. The molecule has 0 saturated carbocycles. The van der Waals surface area contributed by atoms with Crippen molar-refractivity contribution in [3.05, 3.63) is 96.1 Å². The van der Waals surface area contributed by atoms with E-state index in [4.69, 9.17) is 14.0 Å². The van der Waals surface area contributed by atoms with Crippen molar-refractivity contribution in [1.29, 1.82) is 0 Å². The van der Waals surface area contributed by atoms with E-state index in [1.807, 2.05) is 91.9 Å². The molecule has 0 radical (unpaired) electrons. The van der Waals surface area contributed by atoms with Gasteiger partial charge in [-0.2, -0.15) is 0 Å². The van der Waals surface area contributed by atoms with Crippen molar-refractivity contribution in [1.82, 2.24) is 0 Å². The monoisotopic (exact) mass is 430 g/mol. The Hall–Kier alpha value is -3.23. The summed E-state index contributed by atoms with van der Waals surface area (Å²) in [5, 5.41) is -0.313. The third-order valence-corrected chi connectivity index (χ3v) is 9.01. The predicted octanol–water partition coefficient (Wildman–Crippen LogP) is 6.10. The van der Waals surface area contributed by atoms with Crippen LogP contribution in [0.1, 0.15) is 18.1 Å². The van der Waals surface area contributed by atoms with Gasteiger partial charge in [0.25, 0.3) is 7.37 Å². The number of methoxy groups -OCH3 is 2. The van der Waals surface area contributed by atoms with Crippen LogP contribution in [0.5, 0.6) is 5.75 Å². The van der Waals surface area contributed by atoms with E-state index in [9.17, 15) is 4.57 Å². The molecule has 3 aromatic carbocycles. The fourth-order valence-corrected chi connectivity index (χ4v) is 7.04. The van der Waals surface area contributed by atoms with Crippen LogP contribution in [0.4, 0.5) is 0 Å². The number of fused-ring (bicyclic) bond motifs is 4. The van der Waals surface area contributed by atoms with Gasteiger partial charge in [-0.05, 0) is 36.8 Å². The van der Waals surface area contributed by atoms with E-state index in [2.05, 4.69) is 0 Å². The summed E-state index contributed by atoms with van der Waals surface area (Å²) in [5.74, 6) is 1.89. The Balaban J connectivity index is 1.81. The second kappa shape index (κ2) is 7.18. The van der Waals surface area contributed by atoms with E-state index in [1.165, 1.54) is 0 Å². The lowest BCUT2D eigenvalue weighted by Gasteiger charge is -2.37. The molecule has 5 heteroatoms. The fourth-order valence-electron chi connectivity index (χ4n) is 4.42. The van der Waals surface area contributed by atoms with Gasteiger partial charge >= 0.3 is 0 Å². The van der Waals surface area contributed by atoms with Gasteiger partial charge in [0.05, 0.1) is 19.5 Å². The number of allylic oxidation sites excluding steroid dienone is 2. The lowest BCUT2D eigenvalue weighted by atomic mass is 10.0. The first-order valence-corrected chi connectivity index (χ1v) is 11.8. The van der Waals surface area contributed by atoms with E-state index < -0.39 is 12.5 Å². The first-order valence-electron chi connectivity index (χ1n) is 10.1. The molecule has 1 atom stereocenters. The second-order valence-corrected chi connectivity index (χ2v) is 10.6. The average molecular weight is 430 g/mol. The molecule has 0 bridgehead atoms. The maximum absolute atomic E-state index is 14.9. The zero-order valence-electron chi connectivity index (χ0n) is 17.7. The number of rotatable bonds is 3. The smallest absolute Gasteiger partial charge is 0.291 e. The van der Waals surface area contributed by atoms with Gasteiger partial charge in [0.1, 0.15) is 22.4 Å². The van der Waals surface area contributed by atoms with Crippen LogP contribution >= 0.6 is 7.37 Å². The van der Waals surface area contributed by atoms with Crippen molar-refractivity contribution in [2.75, 3.05) is 14.2 Å². The maximum Gasteiger partial charge on any atom is 0.291 e. The summed E-state index contributed by atoms with van der Waals surface area (Å²) >= 11 is 0. The number of benzene rings is 3. The molecule has 5 rings (SSSR count). The zero-order valence-corrected chi connectivity index (χ0v) is 18.6. The Bertz CT molecular complexity index is 1250. The summed E-state index contributed by atoms with van der Waals surface area (Å²) in [7, 11) is -0.240. The highest BCUT2D eigenvalue weighted by Crippen LogP contribution is 2.65. The van der Waals surface area contributed by atoms with E-state index in [-0.39, 0.29) is 0 Å². The summed E-state index contributed by atoms with van der Waals surface area (Å²) in [4.78, 5) is 0. The van der Waals surface area contributed by atoms with Crippen LogP contribution in [0.15, 0.2) is 84.9 Å². The molecule has 31 heavy (non-hydrogen) atoms. The van der Waals surface area contributed by atoms with Crippen LogP contribution in [0.25, 0.3) is 22.6 Å². The predicted molar refractivity (Wildman–Crippen MR) is 125 cm³/mol. The number of hydrogen-bond acceptors (Lipinski definition) is 4. The molecular weight excluding hydrogens is 407 g/mol.